The zero-order valence-corrected chi connectivity index (χ0v) is 15.9. The molecular weight excluding hydrogens is 336 g/mol. The van der Waals surface area contributed by atoms with E-state index in [0.29, 0.717) is 0 Å². The van der Waals surface area contributed by atoms with Gasteiger partial charge in [-0.25, -0.2) is 0 Å². The molecule has 0 amide bonds. The molecule has 132 valence electrons. The maximum atomic E-state index is 12.8. The highest BCUT2D eigenvalue weighted by Gasteiger charge is 2.45. The van der Waals surface area contributed by atoms with Crippen LogP contribution in [0.2, 0.25) is 0 Å². The molecule has 0 N–H and O–H groups in total. The summed E-state index contributed by atoms with van der Waals surface area (Å²) in [7, 11) is 0. The van der Waals surface area contributed by atoms with Gasteiger partial charge in [-0.1, -0.05) is 104 Å². The fraction of sp³-hybridized carbons (Fsp3) is 0.208. The topological polar surface area (TPSA) is 17.1 Å². The number of carbonyl (C=O) groups excluding carboxylic acids is 1. The summed E-state index contributed by atoms with van der Waals surface area (Å²) < 4.78 is 0. The van der Waals surface area contributed by atoms with Crippen molar-refractivity contribution in [3.63, 3.8) is 0 Å². The molecule has 0 aliphatic rings. The third-order valence-corrected chi connectivity index (χ3v) is 5.40. The Morgan fingerprint density at radius 3 is 1.38 bits per heavy atom. The molecule has 0 saturated heterocycles. The number of thiol groups is 1. The Bertz CT molecular complexity index is 731. The van der Waals surface area contributed by atoms with Crippen LogP contribution in [0.15, 0.2) is 91.0 Å². The summed E-state index contributed by atoms with van der Waals surface area (Å²) in [6, 6.07) is 31.1. The molecule has 1 unspecified atom stereocenters. The number of hydrogen-bond acceptors (Lipinski definition) is 1. The molecule has 1 atom stereocenters. The van der Waals surface area contributed by atoms with Crippen molar-refractivity contribution in [2.45, 2.75) is 25.2 Å². The van der Waals surface area contributed by atoms with Crippen LogP contribution in [-0.2, 0) is 10.2 Å². The minimum absolute atomic E-state index is 0.0663. The monoisotopic (exact) mass is 360 g/mol. The van der Waals surface area contributed by atoms with Crippen molar-refractivity contribution in [3.05, 3.63) is 108 Å². The Kier molecular flexibility index (Phi) is 5.95. The molecule has 0 fully saturated rings. The van der Waals surface area contributed by atoms with E-state index in [2.05, 4.69) is 56.0 Å². The standard InChI is InChI=1S/C24H24OS/c1-2-12-22(23(25)26)24(19-13-6-3-7-14-19,20-15-8-4-9-16-20)21-17-10-5-11-18-21/h3-11,13-18,22H,2,12H2,1H3,(H,25,26). The second-order valence-corrected chi connectivity index (χ2v) is 7.03. The molecule has 0 radical (unpaired) electrons. The molecule has 1 nitrogen and oxygen atoms in total. The van der Waals surface area contributed by atoms with Gasteiger partial charge in [0.15, 0.2) is 5.12 Å². The van der Waals surface area contributed by atoms with Crippen LogP contribution in [-0.4, -0.2) is 5.12 Å². The normalized spacial score (nSPS) is 12.5. The number of carbonyl (C=O) groups is 1. The van der Waals surface area contributed by atoms with Gasteiger partial charge in [0.1, 0.15) is 0 Å². The van der Waals surface area contributed by atoms with Crippen LogP contribution >= 0.6 is 12.6 Å². The van der Waals surface area contributed by atoms with E-state index in [4.69, 9.17) is 0 Å². The summed E-state index contributed by atoms with van der Waals surface area (Å²) in [5.74, 6) is -0.247. The molecule has 0 bridgehead atoms. The molecule has 0 spiro atoms. The maximum Gasteiger partial charge on any atom is 0.190 e. The van der Waals surface area contributed by atoms with Crippen molar-refractivity contribution >= 4 is 17.7 Å². The smallest absolute Gasteiger partial charge is 0.190 e. The van der Waals surface area contributed by atoms with Gasteiger partial charge in [-0.2, -0.15) is 0 Å². The molecular formula is C24H24OS. The minimum Gasteiger partial charge on any atom is -0.287 e. The summed E-state index contributed by atoms with van der Waals surface area (Å²) in [4.78, 5) is 12.8. The first-order valence-corrected chi connectivity index (χ1v) is 9.55. The number of benzene rings is 3. The first-order chi connectivity index (χ1) is 12.7. The van der Waals surface area contributed by atoms with Gasteiger partial charge in [0.05, 0.1) is 5.41 Å². The molecule has 26 heavy (non-hydrogen) atoms. The molecule has 2 heteroatoms. The fourth-order valence-electron chi connectivity index (χ4n) is 4.02. The average Bonchev–Trinajstić information content (AvgIpc) is 2.70. The summed E-state index contributed by atoms with van der Waals surface area (Å²) in [6.45, 7) is 2.12. The predicted molar refractivity (Wildman–Crippen MR) is 112 cm³/mol. The second kappa shape index (κ2) is 8.37. The van der Waals surface area contributed by atoms with E-state index < -0.39 is 5.41 Å². The van der Waals surface area contributed by atoms with Gasteiger partial charge in [0, 0.05) is 5.92 Å². The van der Waals surface area contributed by atoms with Gasteiger partial charge in [0.25, 0.3) is 0 Å². The lowest BCUT2D eigenvalue weighted by Gasteiger charge is -2.41. The Morgan fingerprint density at radius 2 is 1.12 bits per heavy atom. The predicted octanol–water partition coefficient (Wildman–Crippen LogP) is 5.89. The van der Waals surface area contributed by atoms with Gasteiger partial charge in [0.2, 0.25) is 0 Å². The molecule has 3 rings (SSSR count). The van der Waals surface area contributed by atoms with Crippen molar-refractivity contribution < 1.29 is 4.79 Å². The number of rotatable bonds is 7. The van der Waals surface area contributed by atoms with Crippen LogP contribution in [0.5, 0.6) is 0 Å². The first kappa shape index (κ1) is 18.5. The van der Waals surface area contributed by atoms with E-state index in [1.54, 1.807) is 0 Å². The lowest BCUT2D eigenvalue weighted by Crippen LogP contribution is -2.41. The minimum atomic E-state index is -0.557. The average molecular weight is 361 g/mol. The molecule has 0 aromatic heterocycles. The molecule has 3 aromatic rings. The van der Waals surface area contributed by atoms with Crippen LogP contribution in [0.4, 0.5) is 0 Å². The van der Waals surface area contributed by atoms with Gasteiger partial charge < -0.3 is 0 Å². The summed E-state index contributed by atoms with van der Waals surface area (Å²) >= 11 is 4.33. The highest BCUT2D eigenvalue weighted by Crippen LogP contribution is 2.47. The van der Waals surface area contributed by atoms with Gasteiger partial charge in [-0.15, -0.1) is 12.6 Å². The third kappa shape index (κ3) is 3.34. The highest BCUT2D eigenvalue weighted by molar-refractivity contribution is 7.96. The Labute approximate surface area is 161 Å². The van der Waals surface area contributed by atoms with E-state index in [9.17, 15) is 4.79 Å². The maximum absolute atomic E-state index is 12.8. The zero-order chi connectivity index (χ0) is 18.4. The Morgan fingerprint density at radius 1 is 0.769 bits per heavy atom. The summed E-state index contributed by atoms with van der Waals surface area (Å²) in [5.41, 5.74) is 2.81. The van der Waals surface area contributed by atoms with Crippen LogP contribution in [0.1, 0.15) is 36.5 Å². The lowest BCUT2D eigenvalue weighted by molar-refractivity contribution is -0.115. The second-order valence-electron chi connectivity index (χ2n) is 6.59. The SMILES string of the molecule is CCCC(C(=O)S)C(c1ccccc1)(c1ccccc1)c1ccccc1. The van der Waals surface area contributed by atoms with E-state index in [-0.39, 0.29) is 11.0 Å². The largest absolute Gasteiger partial charge is 0.287 e. The van der Waals surface area contributed by atoms with Crippen molar-refractivity contribution in [2.24, 2.45) is 5.92 Å². The molecule has 0 aliphatic heterocycles. The molecule has 0 saturated carbocycles. The zero-order valence-electron chi connectivity index (χ0n) is 15.0. The molecule has 0 heterocycles. The van der Waals surface area contributed by atoms with Crippen molar-refractivity contribution in [3.8, 4) is 0 Å². The van der Waals surface area contributed by atoms with Crippen LogP contribution in [0.3, 0.4) is 0 Å². The van der Waals surface area contributed by atoms with E-state index >= 15 is 0 Å². The lowest BCUT2D eigenvalue weighted by atomic mass is 9.61. The van der Waals surface area contributed by atoms with Crippen molar-refractivity contribution in [2.75, 3.05) is 0 Å². The third-order valence-electron chi connectivity index (χ3n) is 5.09. The first-order valence-electron chi connectivity index (χ1n) is 9.10. The van der Waals surface area contributed by atoms with Crippen LogP contribution in [0, 0.1) is 5.92 Å². The summed E-state index contributed by atoms with van der Waals surface area (Å²) in [5, 5.41) is -0.0663. The van der Waals surface area contributed by atoms with Crippen molar-refractivity contribution in [1.82, 2.24) is 0 Å². The van der Waals surface area contributed by atoms with Gasteiger partial charge >= 0.3 is 0 Å². The van der Waals surface area contributed by atoms with E-state index in [0.717, 1.165) is 29.5 Å². The van der Waals surface area contributed by atoms with Crippen molar-refractivity contribution in [1.29, 1.82) is 0 Å². The molecule has 3 aromatic carbocycles. The Balaban J connectivity index is 2.40. The van der Waals surface area contributed by atoms with E-state index in [1.165, 1.54) is 0 Å². The molecule has 0 aliphatic carbocycles. The highest BCUT2D eigenvalue weighted by atomic mass is 32.1. The summed E-state index contributed by atoms with van der Waals surface area (Å²) in [6.07, 6.45) is 1.70. The Hall–Kier alpha value is -2.32. The van der Waals surface area contributed by atoms with E-state index in [1.807, 2.05) is 54.6 Å². The quantitative estimate of drug-likeness (QED) is 0.410. The fourth-order valence-corrected chi connectivity index (χ4v) is 4.34. The van der Waals surface area contributed by atoms with Gasteiger partial charge in [-0.3, -0.25) is 4.79 Å². The number of hydrogen-bond donors (Lipinski definition) is 1. The van der Waals surface area contributed by atoms with Crippen LogP contribution < -0.4 is 0 Å². The van der Waals surface area contributed by atoms with Crippen LogP contribution in [0.25, 0.3) is 0 Å². The van der Waals surface area contributed by atoms with Gasteiger partial charge in [-0.05, 0) is 23.1 Å².